The molecule has 0 aliphatic heterocycles. The Balaban J connectivity index is 2.38. The quantitative estimate of drug-likeness (QED) is 0.830. The fourth-order valence-electron chi connectivity index (χ4n) is 2.57. The van der Waals surface area contributed by atoms with Crippen molar-refractivity contribution in [2.75, 3.05) is 31.4 Å². The summed E-state index contributed by atoms with van der Waals surface area (Å²) in [4.78, 5) is 29.3. The lowest BCUT2D eigenvalue weighted by Gasteiger charge is -2.18. The molecule has 0 saturated carbocycles. The minimum Gasteiger partial charge on any atom is -0.465 e. The van der Waals surface area contributed by atoms with Crippen LogP contribution in [0.5, 0.6) is 0 Å². The van der Waals surface area contributed by atoms with Crippen molar-refractivity contribution in [2.24, 2.45) is 0 Å². The summed E-state index contributed by atoms with van der Waals surface area (Å²) in [5.41, 5.74) is 3.23. The van der Waals surface area contributed by atoms with Gasteiger partial charge in [-0.15, -0.1) is 0 Å². The zero-order valence-electron chi connectivity index (χ0n) is 14.3. The van der Waals surface area contributed by atoms with Crippen LogP contribution in [0.2, 0.25) is 5.02 Å². The molecule has 2 rings (SSSR count). The number of aromatic nitrogens is 1. The zero-order valence-corrected chi connectivity index (χ0v) is 15.0. The van der Waals surface area contributed by atoms with E-state index in [1.54, 1.807) is 26.0 Å². The highest BCUT2D eigenvalue weighted by atomic mass is 35.5. The normalized spacial score (nSPS) is 10.4. The number of rotatable bonds is 4. The van der Waals surface area contributed by atoms with Crippen LogP contribution in [0.15, 0.2) is 18.2 Å². The number of nitrogens with one attached hydrogen (secondary N) is 2. The molecule has 0 unspecified atom stereocenters. The third-order valence-corrected chi connectivity index (χ3v) is 3.98. The van der Waals surface area contributed by atoms with E-state index in [4.69, 9.17) is 16.3 Å². The van der Waals surface area contributed by atoms with E-state index in [0.29, 0.717) is 33.2 Å². The van der Waals surface area contributed by atoms with Gasteiger partial charge in [0.05, 0.1) is 24.0 Å². The molecule has 7 heteroatoms. The van der Waals surface area contributed by atoms with Gasteiger partial charge in [0.25, 0.3) is 5.91 Å². The molecule has 2 aromatic rings. The van der Waals surface area contributed by atoms with Gasteiger partial charge in [0.1, 0.15) is 5.69 Å². The Morgan fingerprint density at radius 2 is 1.92 bits per heavy atom. The number of carbonyl (C=O) groups excluding carboxylic acids is 2. The molecule has 2 N–H and O–H groups in total. The molecule has 0 bridgehead atoms. The van der Waals surface area contributed by atoms with Gasteiger partial charge in [0.15, 0.2) is 0 Å². The molecule has 0 aliphatic carbocycles. The number of carbonyl (C=O) groups is 2. The van der Waals surface area contributed by atoms with Crippen molar-refractivity contribution in [1.29, 1.82) is 0 Å². The summed E-state index contributed by atoms with van der Waals surface area (Å²) in [5.74, 6) is -0.826. The summed E-state index contributed by atoms with van der Waals surface area (Å²) < 4.78 is 4.76. The fourth-order valence-corrected chi connectivity index (χ4v) is 2.74. The van der Waals surface area contributed by atoms with Crippen LogP contribution < -0.4 is 10.2 Å². The molecule has 0 saturated heterocycles. The van der Waals surface area contributed by atoms with E-state index in [1.807, 2.05) is 25.1 Å². The number of aromatic amines is 1. The van der Waals surface area contributed by atoms with E-state index in [9.17, 15) is 9.59 Å². The summed E-state index contributed by atoms with van der Waals surface area (Å²) in [5, 5.41) is 3.36. The van der Waals surface area contributed by atoms with Crippen LogP contribution in [0, 0.1) is 13.8 Å². The van der Waals surface area contributed by atoms with Crippen molar-refractivity contribution in [3.05, 3.63) is 45.7 Å². The Labute approximate surface area is 145 Å². The van der Waals surface area contributed by atoms with Crippen molar-refractivity contribution in [3.63, 3.8) is 0 Å². The van der Waals surface area contributed by atoms with Crippen molar-refractivity contribution >= 4 is 34.9 Å². The van der Waals surface area contributed by atoms with Gasteiger partial charge >= 0.3 is 5.97 Å². The number of hydrogen-bond donors (Lipinski definition) is 2. The van der Waals surface area contributed by atoms with Crippen molar-refractivity contribution < 1.29 is 14.3 Å². The number of nitrogens with zero attached hydrogens (tertiary/aromatic N) is 1. The van der Waals surface area contributed by atoms with Crippen LogP contribution >= 0.6 is 11.6 Å². The van der Waals surface area contributed by atoms with Gasteiger partial charge in [-0.2, -0.15) is 0 Å². The Hall–Kier alpha value is -2.47. The topological polar surface area (TPSA) is 74.4 Å². The van der Waals surface area contributed by atoms with Gasteiger partial charge < -0.3 is 19.9 Å². The second-order valence-electron chi connectivity index (χ2n) is 5.63. The summed E-state index contributed by atoms with van der Waals surface area (Å²) in [7, 11) is 5.06. The second kappa shape index (κ2) is 6.97. The maximum absolute atomic E-state index is 12.6. The van der Waals surface area contributed by atoms with E-state index < -0.39 is 5.97 Å². The lowest BCUT2D eigenvalue weighted by atomic mass is 10.1. The SMILES string of the molecule is COC(=O)c1c(C)[nH]c(C(=O)Nc2cc(Cl)ccc2N(C)C)c1C. The number of methoxy groups -OCH3 is 1. The molecule has 24 heavy (non-hydrogen) atoms. The molecule has 6 nitrogen and oxygen atoms in total. The van der Waals surface area contributed by atoms with Crippen molar-refractivity contribution in [3.8, 4) is 0 Å². The average Bonchev–Trinajstić information content (AvgIpc) is 2.81. The molecule has 1 aromatic heterocycles. The van der Waals surface area contributed by atoms with Crippen molar-refractivity contribution in [2.45, 2.75) is 13.8 Å². The molecule has 0 atom stereocenters. The first kappa shape index (κ1) is 17.9. The van der Waals surface area contributed by atoms with E-state index in [1.165, 1.54) is 7.11 Å². The van der Waals surface area contributed by atoms with Crippen LogP contribution in [0.3, 0.4) is 0 Å². The molecule has 1 amide bonds. The van der Waals surface area contributed by atoms with Crippen LogP contribution in [-0.4, -0.2) is 38.1 Å². The van der Waals surface area contributed by atoms with Crippen LogP contribution in [0.25, 0.3) is 0 Å². The Kier molecular flexibility index (Phi) is 5.19. The average molecular weight is 350 g/mol. The number of hydrogen-bond acceptors (Lipinski definition) is 4. The van der Waals surface area contributed by atoms with E-state index in [2.05, 4.69) is 10.3 Å². The lowest BCUT2D eigenvalue weighted by molar-refractivity contribution is 0.0599. The summed E-state index contributed by atoms with van der Waals surface area (Å²) >= 11 is 6.03. The third-order valence-electron chi connectivity index (χ3n) is 3.74. The van der Waals surface area contributed by atoms with Gasteiger partial charge in [0.2, 0.25) is 0 Å². The number of amides is 1. The molecule has 0 radical (unpaired) electrons. The highest BCUT2D eigenvalue weighted by molar-refractivity contribution is 6.31. The first-order valence-corrected chi connectivity index (χ1v) is 7.69. The predicted molar refractivity (Wildman–Crippen MR) is 95.3 cm³/mol. The zero-order chi connectivity index (χ0) is 18.0. The van der Waals surface area contributed by atoms with Gasteiger partial charge in [-0.3, -0.25) is 4.79 Å². The minimum atomic E-state index is -0.475. The third kappa shape index (κ3) is 3.38. The van der Waals surface area contributed by atoms with Crippen LogP contribution in [0.1, 0.15) is 32.1 Å². The molecule has 0 aliphatic rings. The van der Waals surface area contributed by atoms with Gasteiger partial charge in [-0.25, -0.2) is 4.79 Å². The number of H-pyrrole nitrogens is 1. The van der Waals surface area contributed by atoms with Gasteiger partial charge in [-0.05, 0) is 37.6 Å². The number of anilines is 2. The van der Waals surface area contributed by atoms with Crippen LogP contribution in [-0.2, 0) is 4.74 Å². The van der Waals surface area contributed by atoms with Gasteiger partial charge in [-0.1, -0.05) is 11.6 Å². The summed E-state index contributed by atoms with van der Waals surface area (Å²) in [6.45, 7) is 3.43. The molecule has 0 spiro atoms. The van der Waals surface area contributed by atoms with Crippen molar-refractivity contribution in [1.82, 2.24) is 4.98 Å². The number of aryl methyl sites for hydroxylation is 1. The molecule has 128 valence electrons. The van der Waals surface area contributed by atoms with E-state index in [-0.39, 0.29) is 5.91 Å². The number of esters is 1. The number of benzene rings is 1. The largest absolute Gasteiger partial charge is 0.465 e. The molecule has 1 heterocycles. The smallest absolute Gasteiger partial charge is 0.339 e. The Morgan fingerprint density at radius 3 is 2.50 bits per heavy atom. The molecular weight excluding hydrogens is 330 g/mol. The van der Waals surface area contributed by atoms with Crippen LogP contribution in [0.4, 0.5) is 11.4 Å². The standard InChI is InChI=1S/C17H20ClN3O3/c1-9-14(17(23)24-5)10(2)19-15(9)16(22)20-12-8-11(18)6-7-13(12)21(3)4/h6-8,19H,1-5H3,(H,20,22). The number of halogens is 1. The Bertz CT molecular complexity index is 797. The van der Waals surface area contributed by atoms with E-state index in [0.717, 1.165) is 5.69 Å². The summed E-state index contributed by atoms with van der Waals surface area (Å²) in [6.07, 6.45) is 0. The molecule has 1 aromatic carbocycles. The highest BCUT2D eigenvalue weighted by Crippen LogP contribution is 2.29. The second-order valence-corrected chi connectivity index (χ2v) is 6.06. The monoisotopic (exact) mass is 349 g/mol. The first-order valence-electron chi connectivity index (χ1n) is 7.32. The molecule has 0 fully saturated rings. The maximum Gasteiger partial charge on any atom is 0.339 e. The summed E-state index contributed by atoms with van der Waals surface area (Å²) in [6, 6.07) is 5.26. The first-order chi connectivity index (χ1) is 11.3. The van der Waals surface area contributed by atoms with E-state index >= 15 is 0 Å². The lowest BCUT2D eigenvalue weighted by Crippen LogP contribution is -2.18. The molecular formula is C17H20ClN3O3. The predicted octanol–water partition coefficient (Wildman–Crippen LogP) is 3.39. The van der Waals surface area contributed by atoms with Gasteiger partial charge in [0, 0.05) is 24.8 Å². The minimum absolute atomic E-state index is 0.317. The highest BCUT2D eigenvalue weighted by Gasteiger charge is 2.23. The number of ether oxygens (including phenoxy) is 1. The fraction of sp³-hybridized carbons (Fsp3) is 0.294. The Morgan fingerprint density at radius 1 is 1.25 bits per heavy atom. The maximum atomic E-state index is 12.6.